The van der Waals surface area contributed by atoms with Crippen molar-refractivity contribution in [3.63, 3.8) is 0 Å². The summed E-state index contributed by atoms with van der Waals surface area (Å²) in [6, 6.07) is 15.1. The van der Waals surface area contributed by atoms with Gasteiger partial charge in [-0.05, 0) is 37.1 Å². The average Bonchev–Trinajstić information content (AvgIpc) is 3.48. The lowest BCUT2D eigenvalue weighted by Gasteiger charge is -2.33. The molecule has 178 valence electrons. The number of nitrogens with zero attached hydrogens (tertiary/aromatic N) is 5. The third-order valence-corrected chi connectivity index (χ3v) is 7.77. The van der Waals surface area contributed by atoms with E-state index in [2.05, 4.69) is 24.8 Å². The first kappa shape index (κ1) is 22.4. The van der Waals surface area contributed by atoms with Gasteiger partial charge in [0.1, 0.15) is 11.3 Å². The molecule has 1 N–H and O–H groups in total. The van der Waals surface area contributed by atoms with E-state index in [0.717, 1.165) is 5.69 Å². The van der Waals surface area contributed by atoms with Gasteiger partial charge in [0.25, 0.3) is 11.8 Å². The van der Waals surface area contributed by atoms with Crippen molar-refractivity contribution in [2.45, 2.75) is 31.1 Å². The molecule has 0 saturated carbocycles. The molecule has 0 bridgehead atoms. The average molecular weight is 489 g/mol. The number of hydrogen-bond acceptors (Lipinski definition) is 7. The van der Waals surface area contributed by atoms with Gasteiger partial charge in [-0.15, -0.1) is 10.2 Å². The number of rotatable bonds is 7. The molecule has 4 heterocycles. The number of sulfonamides is 1. The standard InChI is InChI=1S/C22H22F2N6O3S/c23-20(24)22-28-27-21(33-22)19-17(26-18-8-4-5-11-30(18)19)14-25-34(31,32)16-9-12-29(13-10-16)15-6-2-1-3-7-15/h1-8,11,16,20,25H,9-10,12-14H2. The van der Waals surface area contributed by atoms with Gasteiger partial charge in [0, 0.05) is 25.0 Å². The van der Waals surface area contributed by atoms with Gasteiger partial charge in [0.2, 0.25) is 10.0 Å². The minimum absolute atomic E-state index is 0.134. The second-order valence-corrected chi connectivity index (χ2v) is 10.0. The summed E-state index contributed by atoms with van der Waals surface area (Å²) in [6.45, 7) is 1.13. The van der Waals surface area contributed by atoms with Crippen molar-refractivity contribution in [1.82, 2.24) is 24.3 Å². The van der Waals surface area contributed by atoms with Gasteiger partial charge in [-0.3, -0.25) is 4.40 Å². The van der Waals surface area contributed by atoms with Gasteiger partial charge >= 0.3 is 6.43 Å². The Labute approximate surface area is 194 Å². The van der Waals surface area contributed by atoms with E-state index in [1.807, 2.05) is 30.3 Å². The molecule has 5 rings (SSSR count). The highest BCUT2D eigenvalue weighted by molar-refractivity contribution is 7.90. The number of aromatic nitrogens is 4. The monoisotopic (exact) mass is 488 g/mol. The van der Waals surface area contributed by atoms with Crippen LogP contribution in [0.15, 0.2) is 59.1 Å². The van der Waals surface area contributed by atoms with E-state index in [9.17, 15) is 17.2 Å². The first-order valence-corrected chi connectivity index (χ1v) is 12.3. The van der Waals surface area contributed by atoms with Gasteiger partial charge in [-0.1, -0.05) is 24.3 Å². The van der Waals surface area contributed by atoms with Crippen LogP contribution in [0.4, 0.5) is 14.5 Å². The van der Waals surface area contributed by atoms with Crippen molar-refractivity contribution < 1.29 is 21.6 Å². The molecule has 3 aromatic heterocycles. The van der Waals surface area contributed by atoms with Gasteiger partial charge in [-0.2, -0.15) is 8.78 Å². The topological polar surface area (TPSA) is 106 Å². The van der Waals surface area contributed by atoms with Crippen molar-refractivity contribution in [3.05, 3.63) is 66.3 Å². The molecule has 0 spiro atoms. The number of imidazole rings is 1. The number of halogens is 2. The minimum atomic E-state index is -3.64. The van der Waals surface area contributed by atoms with Crippen LogP contribution >= 0.6 is 0 Å². The third kappa shape index (κ3) is 4.38. The Morgan fingerprint density at radius 3 is 2.50 bits per heavy atom. The van der Waals surface area contributed by atoms with E-state index in [4.69, 9.17) is 4.42 Å². The van der Waals surface area contributed by atoms with Crippen molar-refractivity contribution in [2.24, 2.45) is 0 Å². The van der Waals surface area contributed by atoms with Gasteiger partial charge in [-0.25, -0.2) is 18.1 Å². The number of nitrogens with one attached hydrogen (secondary N) is 1. The quantitative estimate of drug-likeness (QED) is 0.425. The summed E-state index contributed by atoms with van der Waals surface area (Å²) in [6.07, 6.45) is -0.265. The zero-order valence-corrected chi connectivity index (χ0v) is 18.8. The highest BCUT2D eigenvalue weighted by Crippen LogP contribution is 2.28. The summed E-state index contributed by atoms with van der Waals surface area (Å²) < 4.78 is 61.4. The molecule has 1 saturated heterocycles. The number of anilines is 1. The van der Waals surface area contributed by atoms with Crippen molar-refractivity contribution in [1.29, 1.82) is 0 Å². The van der Waals surface area contributed by atoms with Crippen molar-refractivity contribution in [3.8, 4) is 11.6 Å². The summed E-state index contributed by atoms with van der Waals surface area (Å²) >= 11 is 0. The van der Waals surface area contributed by atoms with Crippen LogP contribution in [0.2, 0.25) is 0 Å². The fraction of sp³-hybridized carbons (Fsp3) is 0.318. The van der Waals surface area contributed by atoms with E-state index in [1.165, 1.54) is 0 Å². The smallest absolute Gasteiger partial charge is 0.314 e. The van der Waals surface area contributed by atoms with E-state index in [-0.39, 0.29) is 18.1 Å². The van der Waals surface area contributed by atoms with Crippen LogP contribution in [-0.2, 0) is 16.6 Å². The lowest BCUT2D eigenvalue weighted by atomic mass is 10.1. The molecule has 1 aromatic carbocycles. The third-order valence-electron chi connectivity index (χ3n) is 5.87. The lowest BCUT2D eigenvalue weighted by Crippen LogP contribution is -2.43. The van der Waals surface area contributed by atoms with Crippen molar-refractivity contribution in [2.75, 3.05) is 18.0 Å². The van der Waals surface area contributed by atoms with Gasteiger partial charge in [0.15, 0.2) is 0 Å². The first-order chi connectivity index (χ1) is 16.4. The molecule has 12 heteroatoms. The Morgan fingerprint density at radius 1 is 1.06 bits per heavy atom. The maximum Gasteiger partial charge on any atom is 0.314 e. The van der Waals surface area contributed by atoms with Crippen LogP contribution in [0.3, 0.4) is 0 Å². The predicted octanol–water partition coefficient (Wildman–Crippen LogP) is 3.41. The number of benzene rings is 1. The molecule has 9 nitrogen and oxygen atoms in total. The maximum absolute atomic E-state index is 13.0. The van der Waals surface area contributed by atoms with E-state index >= 15 is 0 Å². The zero-order chi connectivity index (χ0) is 23.7. The summed E-state index contributed by atoms with van der Waals surface area (Å²) in [5.41, 5.74) is 2.15. The van der Waals surface area contributed by atoms with E-state index in [1.54, 1.807) is 28.8 Å². The predicted molar refractivity (Wildman–Crippen MR) is 121 cm³/mol. The number of para-hydroxylation sites is 1. The second-order valence-electron chi connectivity index (χ2n) is 7.97. The molecule has 4 aromatic rings. The highest BCUT2D eigenvalue weighted by Gasteiger charge is 2.31. The molecule has 1 fully saturated rings. The number of fused-ring (bicyclic) bond motifs is 1. The first-order valence-electron chi connectivity index (χ1n) is 10.8. The molecule has 0 amide bonds. The van der Waals surface area contributed by atoms with Gasteiger partial charge in [0.05, 0.1) is 17.5 Å². The number of pyridine rings is 1. The lowest BCUT2D eigenvalue weighted by molar-refractivity contribution is 0.116. The fourth-order valence-corrected chi connectivity index (χ4v) is 5.57. The summed E-state index contributed by atoms with van der Waals surface area (Å²) in [4.78, 5) is 6.62. The fourth-order valence-electron chi connectivity index (χ4n) is 4.16. The largest absolute Gasteiger partial charge is 0.414 e. The molecule has 0 unspecified atom stereocenters. The Balaban J connectivity index is 1.33. The zero-order valence-electron chi connectivity index (χ0n) is 18.0. The second kappa shape index (κ2) is 9.11. The van der Waals surface area contributed by atoms with Crippen LogP contribution in [0, 0.1) is 0 Å². The summed E-state index contributed by atoms with van der Waals surface area (Å²) in [5.74, 6) is -0.961. The number of alkyl halides is 2. The molecule has 1 aliphatic heterocycles. The van der Waals surface area contributed by atoms with Crippen LogP contribution in [0.25, 0.3) is 17.2 Å². The molecular formula is C22H22F2N6O3S. The van der Waals surface area contributed by atoms with E-state index in [0.29, 0.717) is 37.3 Å². The maximum atomic E-state index is 13.0. The minimum Gasteiger partial charge on any atom is -0.414 e. The van der Waals surface area contributed by atoms with Crippen LogP contribution in [0.1, 0.15) is 30.9 Å². The van der Waals surface area contributed by atoms with Crippen LogP contribution < -0.4 is 9.62 Å². The molecular weight excluding hydrogens is 466 g/mol. The van der Waals surface area contributed by atoms with Crippen LogP contribution in [0.5, 0.6) is 0 Å². The Hall–Kier alpha value is -3.38. The Kier molecular flexibility index (Phi) is 6.00. The van der Waals surface area contributed by atoms with E-state index < -0.39 is 27.6 Å². The number of hydrogen-bond donors (Lipinski definition) is 1. The van der Waals surface area contributed by atoms with Gasteiger partial charge < -0.3 is 9.32 Å². The number of piperidine rings is 1. The Bertz CT molecular complexity index is 1380. The Morgan fingerprint density at radius 2 is 1.79 bits per heavy atom. The molecule has 0 radical (unpaired) electrons. The van der Waals surface area contributed by atoms with Crippen molar-refractivity contribution >= 4 is 21.4 Å². The normalized spacial score (nSPS) is 15.4. The molecule has 0 aliphatic carbocycles. The van der Waals surface area contributed by atoms with Crippen LogP contribution in [-0.4, -0.2) is 46.3 Å². The molecule has 0 atom stereocenters. The summed E-state index contributed by atoms with van der Waals surface area (Å²) in [5, 5.41) is 6.56. The molecule has 1 aliphatic rings. The SMILES string of the molecule is O=S(=O)(NCc1nc2ccccn2c1-c1nnc(C(F)F)o1)C1CCN(c2ccccc2)CC1. The molecule has 34 heavy (non-hydrogen) atoms. The summed E-state index contributed by atoms with van der Waals surface area (Å²) in [7, 11) is -3.64. The highest BCUT2D eigenvalue weighted by atomic mass is 32.2.